The van der Waals surface area contributed by atoms with Gasteiger partial charge in [-0.15, -0.1) is 0 Å². The van der Waals surface area contributed by atoms with Gasteiger partial charge in [-0.1, -0.05) is 0 Å². The molecule has 0 saturated carbocycles. The Kier molecular flexibility index (Phi) is 2.33. The van der Waals surface area contributed by atoms with Gasteiger partial charge in [0.15, 0.2) is 6.10 Å². The van der Waals surface area contributed by atoms with Crippen molar-refractivity contribution in [2.75, 3.05) is 5.32 Å². The largest absolute Gasteiger partial charge is 0.479 e. The number of rotatable bonds is 1. The quantitative estimate of drug-likeness (QED) is 0.831. The molecule has 1 aliphatic rings. The molecule has 0 radical (unpaired) electrons. The van der Waals surface area contributed by atoms with Gasteiger partial charge in [0.05, 0.1) is 11.4 Å². The summed E-state index contributed by atoms with van der Waals surface area (Å²) in [5.74, 6) is 0.581. The van der Waals surface area contributed by atoms with E-state index in [4.69, 9.17) is 4.74 Å². The Morgan fingerprint density at radius 2 is 2.22 bits per heavy atom. The highest BCUT2D eigenvalue weighted by Crippen LogP contribution is 2.33. The smallest absolute Gasteiger partial charge is 0.265 e. The topological polar surface area (TPSA) is 56.1 Å². The van der Waals surface area contributed by atoms with Crippen molar-refractivity contribution >= 4 is 11.6 Å². The third-order valence-electron chi connectivity index (χ3n) is 3.03. The minimum absolute atomic E-state index is 0.121. The summed E-state index contributed by atoms with van der Waals surface area (Å²) in [5, 5.41) is 6.97. The molecule has 0 bridgehead atoms. The van der Waals surface area contributed by atoms with E-state index >= 15 is 0 Å². The van der Waals surface area contributed by atoms with Crippen LogP contribution < -0.4 is 10.1 Å². The molecule has 1 N–H and O–H groups in total. The molecule has 5 heteroatoms. The lowest BCUT2D eigenvalue weighted by Gasteiger charge is -2.23. The van der Waals surface area contributed by atoms with Crippen molar-refractivity contribution in [2.24, 2.45) is 7.05 Å². The van der Waals surface area contributed by atoms with Crippen molar-refractivity contribution in [3.63, 3.8) is 0 Å². The average molecular weight is 243 g/mol. The molecule has 1 amide bonds. The van der Waals surface area contributed by atoms with Crippen molar-refractivity contribution in [2.45, 2.75) is 13.0 Å². The minimum Gasteiger partial charge on any atom is -0.479 e. The number of amides is 1. The normalized spacial score (nSPS) is 17.9. The molecule has 0 spiro atoms. The first-order chi connectivity index (χ1) is 8.65. The van der Waals surface area contributed by atoms with Gasteiger partial charge in [-0.3, -0.25) is 9.48 Å². The molecule has 1 aliphatic heterocycles. The number of nitrogens with zero attached hydrogens (tertiary/aromatic N) is 2. The molecule has 1 unspecified atom stereocenters. The number of anilines is 1. The zero-order valence-corrected chi connectivity index (χ0v) is 10.2. The minimum atomic E-state index is -0.444. The standard InChI is InChI=1S/C13H13N3O2/c1-8-13(17)15-10-7-9(3-4-12(10)18-8)11-5-6-14-16(11)2/h3-8H,1-2H3,(H,15,17). The van der Waals surface area contributed by atoms with Crippen molar-refractivity contribution in [3.8, 4) is 17.0 Å². The molecule has 2 heterocycles. The number of hydrogen-bond acceptors (Lipinski definition) is 3. The molecule has 2 aromatic rings. The van der Waals surface area contributed by atoms with Gasteiger partial charge in [0.1, 0.15) is 5.75 Å². The van der Waals surface area contributed by atoms with Gasteiger partial charge in [0.2, 0.25) is 0 Å². The zero-order chi connectivity index (χ0) is 12.7. The molecule has 92 valence electrons. The third-order valence-corrected chi connectivity index (χ3v) is 3.03. The Labute approximate surface area is 104 Å². The van der Waals surface area contributed by atoms with E-state index in [1.54, 1.807) is 17.8 Å². The second kappa shape index (κ2) is 3.87. The molecule has 0 aliphatic carbocycles. The van der Waals surface area contributed by atoms with Crippen LogP contribution in [-0.2, 0) is 11.8 Å². The number of hydrogen-bond donors (Lipinski definition) is 1. The summed E-state index contributed by atoms with van der Waals surface area (Å²) in [6.07, 6.45) is 1.30. The summed E-state index contributed by atoms with van der Waals surface area (Å²) in [4.78, 5) is 11.6. The lowest BCUT2D eigenvalue weighted by atomic mass is 10.1. The Bertz CT molecular complexity index is 618. The summed E-state index contributed by atoms with van der Waals surface area (Å²) in [6, 6.07) is 7.65. The maximum atomic E-state index is 11.6. The molecule has 3 rings (SSSR count). The summed E-state index contributed by atoms with van der Waals surface area (Å²) in [6.45, 7) is 1.73. The number of carbonyl (C=O) groups excluding carboxylic acids is 1. The van der Waals surface area contributed by atoms with Crippen LogP contribution >= 0.6 is 0 Å². The van der Waals surface area contributed by atoms with Crippen LogP contribution in [0.4, 0.5) is 5.69 Å². The fraction of sp³-hybridized carbons (Fsp3) is 0.231. The molecular weight excluding hydrogens is 230 g/mol. The second-order valence-electron chi connectivity index (χ2n) is 4.30. The molecule has 1 aromatic heterocycles. The van der Waals surface area contributed by atoms with Crippen LogP contribution in [0.3, 0.4) is 0 Å². The highest BCUT2D eigenvalue weighted by Gasteiger charge is 2.23. The average Bonchev–Trinajstić information content (AvgIpc) is 2.76. The van der Waals surface area contributed by atoms with Crippen LogP contribution in [0, 0.1) is 0 Å². The molecule has 0 saturated heterocycles. The van der Waals surface area contributed by atoms with Gasteiger partial charge in [-0.05, 0) is 31.2 Å². The fourth-order valence-corrected chi connectivity index (χ4v) is 2.03. The number of carbonyl (C=O) groups is 1. The van der Waals surface area contributed by atoms with Crippen LogP contribution in [0.1, 0.15) is 6.92 Å². The first-order valence-electron chi connectivity index (χ1n) is 5.75. The maximum absolute atomic E-state index is 11.6. The third kappa shape index (κ3) is 1.64. The molecule has 18 heavy (non-hydrogen) atoms. The van der Waals surface area contributed by atoms with E-state index in [0.29, 0.717) is 11.4 Å². The van der Waals surface area contributed by atoms with Crippen LogP contribution in [0.15, 0.2) is 30.5 Å². The monoisotopic (exact) mass is 243 g/mol. The van der Waals surface area contributed by atoms with Crippen molar-refractivity contribution in [3.05, 3.63) is 30.5 Å². The zero-order valence-electron chi connectivity index (χ0n) is 10.2. The number of ether oxygens (including phenoxy) is 1. The van der Waals surface area contributed by atoms with Gasteiger partial charge in [-0.25, -0.2) is 0 Å². The summed E-state index contributed by atoms with van der Waals surface area (Å²) >= 11 is 0. The maximum Gasteiger partial charge on any atom is 0.265 e. The van der Waals surface area contributed by atoms with Gasteiger partial charge in [0.25, 0.3) is 5.91 Å². The van der Waals surface area contributed by atoms with Crippen LogP contribution in [0.5, 0.6) is 5.75 Å². The van der Waals surface area contributed by atoms with Crippen molar-refractivity contribution in [1.29, 1.82) is 0 Å². The second-order valence-corrected chi connectivity index (χ2v) is 4.30. The molecule has 0 fully saturated rings. The van der Waals surface area contributed by atoms with Crippen LogP contribution in [0.25, 0.3) is 11.3 Å². The fourth-order valence-electron chi connectivity index (χ4n) is 2.03. The predicted octanol–water partition coefficient (Wildman–Crippen LogP) is 1.81. The highest BCUT2D eigenvalue weighted by atomic mass is 16.5. The van der Waals surface area contributed by atoms with E-state index in [1.165, 1.54) is 0 Å². The van der Waals surface area contributed by atoms with E-state index in [9.17, 15) is 4.79 Å². The summed E-state index contributed by atoms with van der Waals surface area (Å²) in [7, 11) is 1.88. The van der Waals surface area contributed by atoms with Crippen molar-refractivity contribution in [1.82, 2.24) is 9.78 Å². The Hall–Kier alpha value is -2.30. The number of aryl methyl sites for hydroxylation is 1. The molecule has 5 nitrogen and oxygen atoms in total. The summed E-state index contributed by atoms with van der Waals surface area (Å²) < 4.78 is 7.30. The highest BCUT2D eigenvalue weighted by molar-refractivity contribution is 5.98. The van der Waals surface area contributed by atoms with E-state index in [-0.39, 0.29) is 5.91 Å². The first kappa shape index (κ1) is 10.8. The van der Waals surface area contributed by atoms with Gasteiger partial charge in [0, 0.05) is 18.8 Å². The van der Waals surface area contributed by atoms with Crippen molar-refractivity contribution < 1.29 is 9.53 Å². The predicted molar refractivity (Wildman–Crippen MR) is 67.4 cm³/mol. The lowest BCUT2D eigenvalue weighted by molar-refractivity contribution is -0.122. The Balaban J connectivity index is 2.04. The Morgan fingerprint density at radius 3 is 2.94 bits per heavy atom. The first-order valence-corrected chi connectivity index (χ1v) is 5.75. The SMILES string of the molecule is CC1Oc2ccc(-c3ccnn3C)cc2NC1=O. The summed E-state index contributed by atoms with van der Waals surface area (Å²) in [5.41, 5.74) is 2.69. The van der Waals surface area contributed by atoms with E-state index < -0.39 is 6.10 Å². The van der Waals surface area contributed by atoms with Gasteiger partial charge < -0.3 is 10.1 Å². The molecular formula is C13H13N3O2. The van der Waals surface area contributed by atoms with E-state index in [1.807, 2.05) is 31.3 Å². The van der Waals surface area contributed by atoms with E-state index in [2.05, 4.69) is 10.4 Å². The van der Waals surface area contributed by atoms with Crippen LogP contribution in [-0.4, -0.2) is 21.8 Å². The molecule has 1 aromatic carbocycles. The number of nitrogens with one attached hydrogen (secondary N) is 1. The molecule has 1 atom stereocenters. The van der Waals surface area contributed by atoms with Crippen LogP contribution in [0.2, 0.25) is 0 Å². The van der Waals surface area contributed by atoms with Gasteiger partial charge >= 0.3 is 0 Å². The number of benzene rings is 1. The lowest BCUT2D eigenvalue weighted by Crippen LogP contribution is -2.34. The Morgan fingerprint density at radius 1 is 1.39 bits per heavy atom. The van der Waals surface area contributed by atoms with Gasteiger partial charge in [-0.2, -0.15) is 5.10 Å². The number of fused-ring (bicyclic) bond motifs is 1. The number of aromatic nitrogens is 2. The van der Waals surface area contributed by atoms with E-state index in [0.717, 1.165) is 11.3 Å².